The molecule has 14 heavy (non-hydrogen) atoms. The lowest BCUT2D eigenvalue weighted by molar-refractivity contribution is -0.138. The first kappa shape index (κ1) is 8.64. The van der Waals surface area contributed by atoms with Crippen LogP contribution in [0.2, 0.25) is 0 Å². The van der Waals surface area contributed by atoms with Crippen LogP contribution in [0.4, 0.5) is 0 Å². The van der Waals surface area contributed by atoms with E-state index in [0.717, 1.165) is 0 Å². The molecule has 2 heterocycles. The van der Waals surface area contributed by atoms with E-state index in [-0.39, 0.29) is 0 Å². The summed E-state index contributed by atoms with van der Waals surface area (Å²) in [4.78, 5) is 14.7. The van der Waals surface area contributed by atoms with Crippen molar-refractivity contribution in [3.05, 3.63) is 30.2 Å². The van der Waals surface area contributed by atoms with Gasteiger partial charge in [-0.1, -0.05) is 0 Å². The number of nitrogens with two attached hydrogens (primary N) is 1. The van der Waals surface area contributed by atoms with Crippen molar-refractivity contribution in [3.63, 3.8) is 0 Å². The highest BCUT2D eigenvalue weighted by Gasteiger charge is 2.19. The summed E-state index contributed by atoms with van der Waals surface area (Å²) in [5, 5.41) is 12.7. The Morgan fingerprint density at radius 1 is 1.64 bits per heavy atom. The number of aliphatic carboxylic acids is 1. The second kappa shape index (κ2) is 3.08. The first-order valence-corrected chi connectivity index (χ1v) is 3.97. The maximum absolute atomic E-state index is 10.7. The van der Waals surface area contributed by atoms with Crippen LogP contribution in [0.25, 0.3) is 5.65 Å². The molecule has 3 N–H and O–H groups in total. The quantitative estimate of drug-likeness (QED) is 0.688. The van der Waals surface area contributed by atoms with Gasteiger partial charge in [-0.25, -0.2) is 9.50 Å². The number of hydrogen-bond donors (Lipinski definition) is 2. The largest absolute Gasteiger partial charge is 0.480 e. The van der Waals surface area contributed by atoms with Gasteiger partial charge in [-0.15, -0.1) is 0 Å². The minimum atomic E-state index is -1.09. The molecule has 6 nitrogen and oxygen atoms in total. The number of rotatable bonds is 2. The molecule has 0 aromatic carbocycles. The molecule has 0 aliphatic heterocycles. The summed E-state index contributed by atoms with van der Waals surface area (Å²) >= 11 is 0. The molecule has 0 radical (unpaired) electrons. The van der Waals surface area contributed by atoms with Gasteiger partial charge in [0.15, 0.2) is 5.65 Å². The molecule has 2 aromatic heterocycles. The zero-order valence-corrected chi connectivity index (χ0v) is 7.16. The smallest absolute Gasteiger partial charge is 0.325 e. The molecular formula is C8H8N4O2. The lowest BCUT2D eigenvalue weighted by Crippen LogP contribution is -2.20. The summed E-state index contributed by atoms with van der Waals surface area (Å²) in [6.45, 7) is 0. The van der Waals surface area contributed by atoms with Gasteiger partial charge in [-0.3, -0.25) is 4.79 Å². The molecule has 6 heteroatoms. The van der Waals surface area contributed by atoms with E-state index < -0.39 is 12.0 Å². The molecule has 0 fully saturated rings. The van der Waals surface area contributed by atoms with Gasteiger partial charge in [0, 0.05) is 18.0 Å². The van der Waals surface area contributed by atoms with Crippen molar-refractivity contribution in [2.24, 2.45) is 5.73 Å². The number of hydrogen-bond acceptors (Lipinski definition) is 4. The highest BCUT2D eigenvalue weighted by atomic mass is 16.4. The SMILES string of the molecule is NC(C(=O)O)c1cnn2cccnc12. The van der Waals surface area contributed by atoms with Gasteiger partial charge in [0.05, 0.1) is 6.20 Å². The molecule has 2 rings (SSSR count). The Hall–Kier alpha value is -1.95. The van der Waals surface area contributed by atoms with Gasteiger partial charge in [0.1, 0.15) is 6.04 Å². The molecule has 0 spiro atoms. The normalized spacial score (nSPS) is 12.9. The second-order valence-corrected chi connectivity index (χ2v) is 2.80. The van der Waals surface area contributed by atoms with Gasteiger partial charge in [-0.2, -0.15) is 5.10 Å². The zero-order valence-electron chi connectivity index (χ0n) is 7.16. The van der Waals surface area contributed by atoms with Crippen molar-refractivity contribution < 1.29 is 9.90 Å². The Kier molecular flexibility index (Phi) is 1.90. The van der Waals surface area contributed by atoms with E-state index in [1.807, 2.05) is 0 Å². The summed E-state index contributed by atoms with van der Waals surface area (Å²) < 4.78 is 1.48. The van der Waals surface area contributed by atoms with Crippen molar-refractivity contribution in [1.29, 1.82) is 0 Å². The van der Waals surface area contributed by atoms with E-state index in [0.29, 0.717) is 11.2 Å². The monoisotopic (exact) mass is 192 g/mol. The zero-order chi connectivity index (χ0) is 10.1. The molecule has 1 unspecified atom stereocenters. The maximum atomic E-state index is 10.7. The van der Waals surface area contributed by atoms with E-state index >= 15 is 0 Å². The minimum absolute atomic E-state index is 0.415. The van der Waals surface area contributed by atoms with Gasteiger partial charge in [0.2, 0.25) is 0 Å². The Morgan fingerprint density at radius 3 is 3.14 bits per heavy atom. The predicted octanol–water partition coefficient (Wildman–Crippen LogP) is -0.186. The number of fused-ring (bicyclic) bond motifs is 1. The number of carbonyl (C=O) groups is 1. The number of aromatic nitrogens is 3. The van der Waals surface area contributed by atoms with Crippen LogP contribution in [0.3, 0.4) is 0 Å². The van der Waals surface area contributed by atoms with Crippen molar-refractivity contribution in [3.8, 4) is 0 Å². The third-order valence-electron chi connectivity index (χ3n) is 1.91. The molecule has 1 atom stereocenters. The van der Waals surface area contributed by atoms with Crippen LogP contribution in [0.15, 0.2) is 24.7 Å². The van der Waals surface area contributed by atoms with Gasteiger partial charge in [-0.05, 0) is 6.07 Å². The van der Waals surface area contributed by atoms with Crippen LogP contribution < -0.4 is 5.73 Å². The molecule has 2 aromatic rings. The van der Waals surface area contributed by atoms with Gasteiger partial charge in [0.25, 0.3) is 0 Å². The van der Waals surface area contributed by atoms with Crippen LogP contribution in [0.5, 0.6) is 0 Å². The number of nitrogens with zero attached hydrogens (tertiary/aromatic N) is 3. The highest BCUT2D eigenvalue weighted by Crippen LogP contribution is 2.14. The van der Waals surface area contributed by atoms with Crippen LogP contribution in [-0.2, 0) is 4.79 Å². The van der Waals surface area contributed by atoms with Crippen LogP contribution in [-0.4, -0.2) is 25.7 Å². The number of carboxylic acids is 1. The summed E-state index contributed by atoms with van der Waals surface area (Å²) in [5.74, 6) is -1.09. The summed E-state index contributed by atoms with van der Waals surface area (Å²) in [6, 6.07) is 0.623. The Labute approximate surface area is 79.0 Å². The van der Waals surface area contributed by atoms with Crippen molar-refractivity contribution >= 4 is 11.6 Å². The first-order chi connectivity index (χ1) is 6.70. The Morgan fingerprint density at radius 2 is 2.43 bits per heavy atom. The topological polar surface area (TPSA) is 93.5 Å². The molecule has 0 amide bonds. The highest BCUT2D eigenvalue weighted by molar-refractivity contribution is 5.77. The van der Waals surface area contributed by atoms with Crippen molar-refractivity contribution in [2.45, 2.75) is 6.04 Å². The Bertz CT molecular complexity index is 479. The summed E-state index contributed by atoms with van der Waals surface area (Å²) in [5.41, 5.74) is 6.34. The molecule has 0 aliphatic carbocycles. The predicted molar refractivity (Wildman–Crippen MR) is 47.6 cm³/mol. The first-order valence-electron chi connectivity index (χ1n) is 3.97. The van der Waals surface area contributed by atoms with E-state index in [2.05, 4.69) is 10.1 Å². The average molecular weight is 192 g/mol. The lowest BCUT2D eigenvalue weighted by atomic mass is 10.2. The van der Waals surface area contributed by atoms with Crippen LogP contribution in [0.1, 0.15) is 11.6 Å². The third kappa shape index (κ3) is 1.21. The maximum Gasteiger partial charge on any atom is 0.325 e. The van der Waals surface area contributed by atoms with Gasteiger partial charge >= 0.3 is 5.97 Å². The molecule has 0 saturated carbocycles. The fourth-order valence-corrected chi connectivity index (χ4v) is 1.20. The van der Waals surface area contributed by atoms with E-state index in [1.54, 1.807) is 18.5 Å². The summed E-state index contributed by atoms with van der Waals surface area (Å²) in [6.07, 6.45) is 4.66. The Balaban J connectivity index is 2.58. The summed E-state index contributed by atoms with van der Waals surface area (Å²) in [7, 11) is 0. The standard InChI is InChI=1S/C8H8N4O2/c9-6(8(13)14)5-4-11-12-3-1-2-10-7(5)12/h1-4,6H,9H2,(H,13,14). The molecule has 72 valence electrons. The van der Waals surface area contributed by atoms with E-state index in [1.165, 1.54) is 10.7 Å². The van der Waals surface area contributed by atoms with Gasteiger partial charge < -0.3 is 10.8 Å². The number of carboxylic acid groups (broad SMARTS) is 1. The minimum Gasteiger partial charge on any atom is -0.480 e. The van der Waals surface area contributed by atoms with Crippen molar-refractivity contribution in [1.82, 2.24) is 14.6 Å². The van der Waals surface area contributed by atoms with Crippen molar-refractivity contribution in [2.75, 3.05) is 0 Å². The van der Waals surface area contributed by atoms with E-state index in [9.17, 15) is 4.79 Å². The van der Waals surface area contributed by atoms with Crippen LogP contribution in [0, 0.1) is 0 Å². The van der Waals surface area contributed by atoms with E-state index in [4.69, 9.17) is 10.8 Å². The van der Waals surface area contributed by atoms with Crippen LogP contribution >= 0.6 is 0 Å². The lowest BCUT2D eigenvalue weighted by Gasteiger charge is -2.02. The molecule has 0 saturated heterocycles. The fraction of sp³-hybridized carbons (Fsp3) is 0.125. The second-order valence-electron chi connectivity index (χ2n) is 2.80. The molecule has 0 aliphatic rings. The fourth-order valence-electron chi connectivity index (χ4n) is 1.20. The molecular weight excluding hydrogens is 184 g/mol. The third-order valence-corrected chi connectivity index (χ3v) is 1.91. The molecule has 0 bridgehead atoms. The average Bonchev–Trinajstić information content (AvgIpc) is 2.60.